The van der Waals surface area contributed by atoms with E-state index in [1.165, 1.54) is 23.9 Å². The molecule has 2 aromatic carbocycles. The molecular formula is C27H30ClFN4O5S. The number of fused-ring (bicyclic) bond motifs is 1. The highest BCUT2D eigenvalue weighted by Crippen LogP contribution is 2.42. The molecule has 3 aromatic rings. The molecule has 1 aromatic heterocycles. The van der Waals surface area contributed by atoms with E-state index >= 15 is 4.39 Å². The second kappa shape index (κ2) is 10.7. The van der Waals surface area contributed by atoms with Crippen LogP contribution in [0, 0.1) is 11.7 Å². The quantitative estimate of drug-likeness (QED) is 0.384. The first kappa shape index (κ1) is 28.7. The summed E-state index contributed by atoms with van der Waals surface area (Å²) in [7, 11) is 0. The van der Waals surface area contributed by atoms with Gasteiger partial charge in [-0.2, -0.15) is 4.68 Å². The Bertz CT molecular complexity index is 1460. The van der Waals surface area contributed by atoms with E-state index in [4.69, 9.17) is 16.0 Å². The van der Waals surface area contributed by atoms with E-state index in [1.54, 1.807) is 63.8 Å². The number of hydrogen-bond acceptors (Lipinski definition) is 6. The second-order valence-corrected chi connectivity index (χ2v) is 12.6. The van der Waals surface area contributed by atoms with Gasteiger partial charge in [0.2, 0.25) is 5.91 Å². The highest BCUT2D eigenvalue weighted by molar-refractivity contribution is 7.99. The number of halogens is 2. The predicted octanol–water partition coefficient (Wildman–Crippen LogP) is 5.74. The summed E-state index contributed by atoms with van der Waals surface area (Å²) in [5, 5.41) is 16.5. The van der Waals surface area contributed by atoms with Crippen LogP contribution in [0.1, 0.15) is 46.6 Å². The van der Waals surface area contributed by atoms with Crippen LogP contribution >= 0.6 is 23.4 Å². The van der Waals surface area contributed by atoms with Gasteiger partial charge in [-0.05, 0) is 70.9 Å². The van der Waals surface area contributed by atoms with Gasteiger partial charge in [-0.1, -0.05) is 23.7 Å². The molecule has 0 fully saturated rings. The van der Waals surface area contributed by atoms with Crippen LogP contribution in [0.3, 0.4) is 0 Å². The van der Waals surface area contributed by atoms with Crippen molar-refractivity contribution in [3.8, 4) is 11.5 Å². The Kier molecular flexibility index (Phi) is 7.86. The van der Waals surface area contributed by atoms with E-state index in [2.05, 4.69) is 10.4 Å². The topological polar surface area (TPSA) is 118 Å². The molecule has 2 amide bonds. The number of hydrogen-bond donors (Lipinski definition) is 2. The van der Waals surface area contributed by atoms with Crippen molar-refractivity contribution >= 4 is 41.1 Å². The molecule has 9 nitrogen and oxygen atoms in total. The third kappa shape index (κ3) is 6.47. The first-order chi connectivity index (χ1) is 18.1. The van der Waals surface area contributed by atoms with Gasteiger partial charge in [0.05, 0.1) is 29.3 Å². The maximum Gasteiger partial charge on any atom is 0.437 e. The smallest absolute Gasteiger partial charge is 0.437 e. The number of amides is 2. The van der Waals surface area contributed by atoms with Gasteiger partial charge >= 0.3 is 11.8 Å². The van der Waals surface area contributed by atoms with Crippen molar-refractivity contribution in [3.63, 3.8) is 0 Å². The summed E-state index contributed by atoms with van der Waals surface area (Å²) in [5.74, 6) is -2.04. The first-order valence-corrected chi connectivity index (χ1v) is 13.7. The summed E-state index contributed by atoms with van der Waals surface area (Å²) in [5.41, 5.74) is -0.376. The molecule has 0 radical (unpaired) electrons. The fraction of sp³-hybridized carbons (Fsp3) is 0.407. The number of nitrogens with one attached hydrogen (secondary N) is 1. The second-order valence-electron chi connectivity index (χ2n) is 11.1. The van der Waals surface area contributed by atoms with Gasteiger partial charge in [-0.3, -0.25) is 4.79 Å². The van der Waals surface area contributed by atoms with E-state index in [1.807, 2.05) is 0 Å². The number of nitrogens with zero attached hydrogens (tertiary/aromatic N) is 3. The molecule has 4 rings (SSSR count). The Labute approximate surface area is 234 Å². The summed E-state index contributed by atoms with van der Waals surface area (Å²) in [6.45, 7) is 8.92. The Morgan fingerprint density at radius 3 is 2.46 bits per heavy atom. The van der Waals surface area contributed by atoms with E-state index in [0.717, 1.165) is 10.2 Å². The van der Waals surface area contributed by atoms with Crippen LogP contribution in [0.2, 0.25) is 5.02 Å². The maximum atomic E-state index is 15.4. The zero-order chi connectivity index (χ0) is 28.7. The number of carboxylic acid groups (broad SMARTS) is 1. The van der Waals surface area contributed by atoms with Gasteiger partial charge in [-0.25, -0.2) is 14.0 Å². The molecule has 2 heterocycles. The average molecular weight is 577 g/mol. The molecule has 0 saturated carbocycles. The van der Waals surface area contributed by atoms with Gasteiger partial charge in [0.15, 0.2) is 0 Å². The van der Waals surface area contributed by atoms with Crippen molar-refractivity contribution in [2.45, 2.75) is 63.6 Å². The van der Waals surface area contributed by atoms with E-state index in [-0.39, 0.29) is 30.3 Å². The average Bonchev–Trinajstić information content (AvgIpc) is 3.17. The van der Waals surface area contributed by atoms with Crippen LogP contribution in [-0.2, 0) is 16.9 Å². The van der Waals surface area contributed by atoms with Crippen molar-refractivity contribution in [2.24, 2.45) is 5.92 Å². The summed E-state index contributed by atoms with van der Waals surface area (Å²) < 4.78 is 21.9. The van der Waals surface area contributed by atoms with E-state index in [9.17, 15) is 19.5 Å². The zero-order valence-corrected chi connectivity index (χ0v) is 23.8. The van der Waals surface area contributed by atoms with Gasteiger partial charge in [0.1, 0.15) is 5.82 Å². The van der Waals surface area contributed by atoms with E-state index < -0.39 is 34.7 Å². The molecule has 0 bridgehead atoms. The molecule has 208 valence electrons. The van der Waals surface area contributed by atoms with Crippen LogP contribution < -0.4 is 16.0 Å². The summed E-state index contributed by atoms with van der Waals surface area (Å²) in [4.78, 5) is 39.8. The molecule has 2 N–H and O–H groups in total. The number of thioether (sulfide) groups is 1. The third-order valence-corrected chi connectivity index (χ3v) is 7.72. The summed E-state index contributed by atoms with van der Waals surface area (Å²) >= 11 is 7.37. The minimum atomic E-state index is -1.18. The minimum absolute atomic E-state index is 0.0466. The van der Waals surface area contributed by atoms with Crippen LogP contribution in [0.15, 0.2) is 50.5 Å². The number of anilines is 1. The van der Waals surface area contributed by atoms with Gasteiger partial charge in [-0.15, -0.1) is 16.9 Å². The van der Waals surface area contributed by atoms with Gasteiger partial charge in [0, 0.05) is 21.2 Å². The monoisotopic (exact) mass is 576 g/mol. The molecule has 0 spiro atoms. The Morgan fingerprint density at radius 1 is 1.21 bits per heavy atom. The van der Waals surface area contributed by atoms with Crippen molar-refractivity contribution < 1.29 is 23.5 Å². The number of carbonyl (C=O) groups is 2. The molecule has 0 aliphatic carbocycles. The lowest BCUT2D eigenvalue weighted by Gasteiger charge is -2.31. The predicted molar refractivity (Wildman–Crippen MR) is 148 cm³/mol. The number of carbonyl (C=O) groups excluding carboxylic acids is 1. The fourth-order valence-corrected chi connectivity index (χ4v) is 5.75. The van der Waals surface area contributed by atoms with Crippen molar-refractivity contribution in [2.75, 3.05) is 10.7 Å². The lowest BCUT2D eigenvalue weighted by molar-refractivity contribution is -0.122. The maximum absolute atomic E-state index is 15.4. The number of rotatable bonds is 6. The van der Waals surface area contributed by atoms with Crippen molar-refractivity contribution in [1.82, 2.24) is 15.1 Å². The van der Waals surface area contributed by atoms with Gasteiger partial charge < -0.3 is 19.7 Å². The van der Waals surface area contributed by atoms with Crippen LogP contribution in [-0.4, -0.2) is 38.2 Å². The van der Waals surface area contributed by atoms with Gasteiger partial charge in [0.25, 0.3) is 5.89 Å². The lowest BCUT2D eigenvalue weighted by Crippen LogP contribution is -2.47. The molecule has 0 unspecified atom stereocenters. The van der Waals surface area contributed by atoms with Crippen LogP contribution in [0.4, 0.5) is 14.9 Å². The van der Waals surface area contributed by atoms with E-state index in [0.29, 0.717) is 21.4 Å². The molecule has 1 aliphatic heterocycles. The zero-order valence-electron chi connectivity index (χ0n) is 22.2. The molecule has 1 atom stereocenters. The Balaban J connectivity index is 1.80. The standard InChI is InChI=1S/C27H30ClFN4O5S/c1-26(2,3)33-25(37)38-22(31-33)18-10-20-21(11-19(18)29)39-14-16(12-27(4,5)30-24(35)36)23(34)32(20)13-15-6-8-17(28)9-7-15/h6-11,16,30H,12-14H2,1-5H3,(H,35,36)/t16-/m0/s1. The highest BCUT2D eigenvalue weighted by Gasteiger charge is 2.36. The first-order valence-electron chi connectivity index (χ1n) is 12.3. The number of aromatic nitrogens is 2. The largest absolute Gasteiger partial charge is 0.465 e. The third-order valence-electron chi connectivity index (χ3n) is 6.26. The summed E-state index contributed by atoms with van der Waals surface area (Å²) in [6, 6.07) is 9.83. The molecule has 1 aliphatic rings. The van der Waals surface area contributed by atoms with Crippen LogP contribution in [0.25, 0.3) is 11.5 Å². The van der Waals surface area contributed by atoms with Crippen LogP contribution in [0.5, 0.6) is 0 Å². The number of benzene rings is 2. The van der Waals surface area contributed by atoms with Crippen molar-refractivity contribution in [1.29, 1.82) is 0 Å². The lowest BCUT2D eigenvalue weighted by atomic mass is 9.90. The summed E-state index contributed by atoms with van der Waals surface area (Å²) in [6.07, 6.45) is -0.950. The molecular weight excluding hydrogens is 547 g/mol. The normalized spacial score (nSPS) is 16.1. The SMILES string of the molecule is CC(C)(C[C@H]1CSc2cc(F)c(-c3nn(C(C)(C)C)c(=O)o3)cc2N(Cc2ccc(Cl)cc2)C1=O)NC(=O)O. The molecule has 12 heteroatoms. The fourth-order valence-electron chi connectivity index (χ4n) is 4.48. The Hall–Kier alpha value is -3.31. The minimum Gasteiger partial charge on any atom is -0.465 e. The highest BCUT2D eigenvalue weighted by atomic mass is 35.5. The molecule has 39 heavy (non-hydrogen) atoms. The van der Waals surface area contributed by atoms with Crippen molar-refractivity contribution in [3.05, 3.63) is 63.4 Å². The Morgan fingerprint density at radius 2 is 1.87 bits per heavy atom. The molecule has 0 saturated heterocycles.